The van der Waals surface area contributed by atoms with Crippen LogP contribution in [0.25, 0.3) is 0 Å². The minimum absolute atomic E-state index is 0.373. The Kier molecular flexibility index (Phi) is 3.10. The van der Waals surface area contributed by atoms with Crippen molar-refractivity contribution in [3.8, 4) is 0 Å². The average Bonchev–Trinajstić information content (AvgIpc) is 1.81. The maximum absolute atomic E-state index is 10.5. The van der Waals surface area contributed by atoms with E-state index >= 15 is 0 Å². The zero-order valence-corrected chi connectivity index (χ0v) is 5.75. The van der Waals surface area contributed by atoms with Crippen LogP contribution in [0.1, 0.15) is 6.92 Å². The largest absolute Gasteiger partial charge is 0.398 e. The Morgan fingerprint density at radius 2 is 2.00 bits per heavy atom. The molecule has 0 aliphatic heterocycles. The normalized spacial score (nSPS) is 10.8. The van der Waals surface area contributed by atoms with Gasteiger partial charge in [0.1, 0.15) is 7.11 Å². The summed E-state index contributed by atoms with van der Waals surface area (Å²) in [7, 11) is 1.23. The van der Waals surface area contributed by atoms with E-state index in [0.29, 0.717) is 0 Å². The molecule has 0 heterocycles. The Hall–Kier alpha value is -1.39. The summed E-state index contributed by atoms with van der Waals surface area (Å²) in [6, 6.07) is 0. The molecule has 0 rings (SSSR count). The molecule has 0 unspecified atom stereocenters. The Morgan fingerprint density at radius 1 is 1.50 bits per heavy atom. The number of Topliss-reactive ketones (excluding diaryl/α,β-unsaturated/α-hetero) is 1. The fraction of sp³-hybridized carbons (Fsp3) is 0.400. The molecular formula is C5H8N2O3. The minimum atomic E-state index is -0.880. The van der Waals surface area contributed by atoms with E-state index < -0.39 is 11.7 Å². The summed E-state index contributed by atoms with van der Waals surface area (Å²) in [6.45, 7) is 1.18. The number of nitrogens with two attached hydrogens (primary N) is 1. The van der Waals surface area contributed by atoms with Crippen LogP contribution >= 0.6 is 0 Å². The Bertz CT molecular complexity index is 169. The summed E-state index contributed by atoms with van der Waals surface area (Å²) in [5, 5.41) is 3.12. The molecule has 0 aromatic carbocycles. The molecule has 5 nitrogen and oxygen atoms in total. The summed E-state index contributed by atoms with van der Waals surface area (Å²) in [4.78, 5) is 25.0. The van der Waals surface area contributed by atoms with Crippen LogP contribution in [0.15, 0.2) is 5.16 Å². The van der Waals surface area contributed by atoms with Crippen LogP contribution in [-0.4, -0.2) is 24.5 Å². The molecule has 0 bridgehead atoms. The number of oxime groups is 1. The highest BCUT2D eigenvalue weighted by Gasteiger charge is 2.12. The van der Waals surface area contributed by atoms with Crippen molar-refractivity contribution in [2.24, 2.45) is 10.9 Å². The second-order valence-electron chi connectivity index (χ2n) is 1.54. The lowest BCUT2D eigenvalue weighted by Crippen LogP contribution is -2.29. The smallest absolute Gasteiger partial charge is 0.274 e. The van der Waals surface area contributed by atoms with Crippen LogP contribution in [-0.2, 0) is 14.4 Å². The third kappa shape index (κ3) is 2.25. The quantitative estimate of drug-likeness (QED) is 0.315. The molecule has 0 aromatic heterocycles. The number of hydrogen-bond donors (Lipinski definition) is 1. The average molecular weight is 144 g/mol. The number of carbonyl (C=O) groups excluding carboxylic acids is 2. The molecule has 0 aliphatic carbocycles. The third-order valence-corrected chi connectivity index (χ3v) is 0.749. The van der Waals surface area contributed by atoms with E-state index in [1.807, 2.05) is 0 Å². The van der Waals surface area contributed by atoms with Crippen molar-refractivity contribution in [1.82, 2.24) is 0 Å². The first-order valence-electron chi connectivity index (χ1n) is 2.51. The number of nitrogens with zero attached hydrogens (tertiary/aromatic N) is 1. The highest BCUT2D eigenvalue weighted by Crippen LogP contribution is 1.80. The van der Waals surface area contributed by atoms with E-state index in [1.54, 1.807) is 0 Å². The van der Waals surface area contributed by atoms with Gasteiger partial charge in [-0.15, -0.1) is 0 Å². The Balaban J connectivity index is 4.42. The van der Waals surface area contributed by atoms with Crippen LogP contribution in [0.5, 0.6) is 0 Å². The minimum Gasteiger partial charge on any atom is -0.398 e. The highest BCUT2D eigenvalue weighted by molar-refractivity contribution is 6.64. The van der Waals surface area contributed by atoms with Gasteiger partial charge in [-0.05, 0) is 0 Å². The molecule has 0 aliphatic rings. The fourth-order valence-electron chi connectivity index (χ4n) is 0.374. The van der Waals surface area contributed by atoms with Crippen LogP contribution in [0.2, 0.25) is 0 Å². The Morgan fingerprint density at radius 3 is 2.10 bits per heavy atom. The summed E-state index contributed by atoms with van der Waals surface area (Å²) in [5.41, 5.74) is 4.38. The molecule has 0 radical (unpaired) electrons. The van der Waals surface area contributed by atoms with Crippen molar-refractivity contribution in [1.29, 1.82) is 0 Å². The van der Waals surface area contributed by atoms with Crippen LogP contribution in [0.3, 0.4) is 0 Å². The molecule has 56 valence electrons. The molecule has 0 saturated carbocycles. The Labute approximate surface area is 57.8 Å². The van der Waals surface area contributed by atoms with Crippen molar-refractivity contribution >= 4 is 17.4 Å². The molecule has 2 N–H and O–H groups in total. The van der Waals surface area contributed by atoms with Crippen LogP contribution in [0, 0.1) is 0 Å². The summed E-state index contributed by atoms with van der Waals surface area (Å²) in [5.74, 6) is -1.39. The summed E-state index contributed by atoms with van der Waals surface area (Å²) in [6.07, 6.45) is 0. The van der Waals surface area contributed by atoms with Gasteiger partial charge in [-0.2, -0.15) is 0 Å². The van der Waals surface area contributed by atoms with Gasteiger partial charge in [-0.1, -0.05) is 5.16 Å². The van der Waals surface area contributed by atoms with Gasteiger partial charge in [0.2, 0.25) is 5.71 Å². The number of carbonyl (C=O) groups is 2. The fourth-order valence-corrected chi connectivity index (χ4v) is 0.374. The van der Waals surface area contributed by atoms with E-state index in [0.717, 1.165) is 0 Å². The summed E-state index contributed by atoms with van der Waals surface area (Å²) >= 11 is 0. The first kappa shape index (κ1) is 8.61. The first-order valence-corrected chi connectivity index (χ1v) is 2.51. The van der Waals surface area contributed by atoms with Crippen LogP contribution in [0.4, 0.5) is 0 Å². The zero-order chi connectivity index (χ0) is 8.15. The SMILES string of the molecule is CO/N=C(/C(C)=O)C(N)=O. The van der Waals surface area contributed by atoms with Gasteiger partial charge in [0.25, 0.3) is 5.91 Å². The van der Waals surface area contributed by atoms with E-state index in [2.05, 4.69) is 9.99 Å². The predicted molar refractivity (Wildman–Crippen MR) is 34.3 cm³/mol. The third-order valence-electron chi connectivity index (χ3n) is 0.749. The second-order valence-corrected chi connectivity index (χ2v) is 1.54. The van der Waals surface area contributed by atoms with Gasteiger partial charge in [0.15, 0.2) is 5.78 Å². The molecule has 0 aromatic rings. The maximum Gasteiger partial charge on any atom is 0.274 e. The van der Waals surface area contributed by atoms with Crippen molar-refractivity contribution in [3.05, 3.63) is 0 Å². The van der Waals surface area contributed by atoms with Gasteiger partial charge >= 0.3 is 0 Å². The molecule has 0 fully saturated rings. The van der Waals surface area contributed by atoms with Crippen LogP contribution < -0.4 is 5.73 Å². The molecule has 5 heteroatoms. The van der Waals surface area contributed by atoms with E-state index in [-0.39, 0.29) is 5.71 Å². The van der Waals surface area contributed by atoms with Gasteiger partial charge in [-0.3, -0.25) is 9.59 Å². The van der Waals surface area contributed by atoms with E-state index in [9.17, 15) is 9.59 Å². The molecule has 10 heavy (non-hydrogen) atoms. The lowest BCUT2D eigenvalue weighted by Gasteiger charge is -1.93. The molecular weight excluding hydrogens is 136 g/mol. The maximum atomic E-state index is 10.5. The standard InChI is InChI=1S/C5H8N2O3/c1-3(8)4(5(6)9)7-10-2/h1-2H3,(H2,6,9)/b7-4-. The van der Waals surface area contributed by atoms with Crippen molar-refractivity contribution < 1.29 is 14.4 Å². The number of amides is 1. The number of ketones is 1. The molecule has 0 spiro atoms. The predicted octanol–water partition coefficient (Wildman–Crippen LogP) is -0.937. The van der Waals surface area contributed by atoms with Crippen molar-refractivity contribution in [3.63, 3.8) is 0 Å². The highest BCUT2D eigenvalue weighted by atomic mass is 16.6. The van der Waals surface area contributed by atoms with Crippen molar-refractivity contribution in [2.75, 3.05) is 7.11 Å². The van der Waals surface area contributed by atoms with Gasteiger partial charge in [0.05, 0.1) is 0 Å². The monoisotopic (exact) mass is 144 g/mol. The van der Waals surface area contributed by atoms with Gasteiger partial charge in [-0.25, -0.2) is 0 Å². The topological polar surface area (TPSA) is 81.8 Å². The molecule has 1 amide bonds. The lowest BCUT2D eigenvalue weighted by molar-refractivity contribution is -0.115. The first-order chi connectivity index (χ1) is 4.59. The molecule has 0 atom stereocenters. The zero-order valence-electron chi connectivity index (χ0n) is 5.75. The molecule has 0 saturated heterocycles. The second kappa shape index (κ2) is 3.60. The van der Waals surface area contributed by atoms with Crippen molar-refractivity contribution in [2.45, 2.75) is 6.92 Å². The van der Waals surface area contributed by atoms with E-state index in [1.165, 1.54) is 14.0 Å². The lowest BCUT2D eigenvalue weighted by atomic mass is 10.3. The van der Waals surface area contributed by atoms with Gasteiger partial charge in [0, 0.05) is 6.92 Å². The number of hydrogen-bond acceptors (Lipinski definition) is 4. The van der Waals surface area contributed by atoms with E-state index in [4.69, 9.17) is 5.73 Å². The summed E-state index contributed by atoms with van der Waals surface area (Å²) < 4.78 is 0. The number of rotatable bonds is 3. The van der Waals surface area contributed by atoms with Gasteiger partial charge < -0.3 is 10.6 Å². The number of primary amides is 1.